The molecule has 0 atom stereocenters. The maximum atomic E-state index is 12.6. The molecule has 1 aliphatic heterocycles. The predicted molar refractivity (Wildman–Crippen MR) is 114 cm³/mol. The SMILES string of the molecule is CNC(=O)c1ccc(CN2CCN(C(=O)OC(C)(C)C)Cc3ccccc32)cc1. The fraction of sp³-hybridized carbons (Fsp3) is 0.391. The molecule has 1 N–H and O–H groups in total. The van der Waals surface area contributed by atoms with Gasteiger partial charge in [0.15, 0.2) is 0 Å². The number of benzene rings is 2. The number of rotatable bonds is 3. The van der Waals surface area contributed by atoms with Crippen molar-refractivity contribution < 1.29 is 14.3 Å². The molecule has 6 heteroatoms. The molecule has 0 aliphatic carbocycles. The van der Waals surface area contributed by atoms with Crippen LogP contribution in [-0.2, 0) is 17.8 Å². The number of ether oxygens (including phenoxy) is 1. The van der Waals surface area contributed by atoms with Crippen LogP contribution in [0.15, 0.2) is 48.5 Å². The minimum Gasteiger partial charge on any atom is -0.444 e. The van der Waals surface area contributed by atoms with Crippen LogP contribution in [0.25, 0.3) is 0 Å². The third kappa shape index (κ3) is 5.28. The average molecular weight is 396 g/mol. The van der Waals surface area contributed by atoms with E-state index in [0.29, 0.717) is 31.7 Å². The summed E-state index contributed by atoms with van der Waals surface area (Å²) in [6, 6.07) is 15.8. The lowest BCUT2D eigenvalue weighted by atomic mass is 10.1. The number of para-hydroxylation sites is 1. The third-order valence-corrected chi connectivity index (χ3v) is 4.80. The Labute approximate surface area is 172 Å². The predicted octanol–water partition coefficient (Wildman–Crippen LogP) is 3.80. The molecule has 2 aromatic carbocycles. The Balaban J connectivity index is 1.78. The van der Waals surface area contributed by atoms with Crippen molar-refractivity contribution in [1.29, 1.82) is 0 Å². The molecule has 0 radical (unpaired) electrons. The van der Waals surface area contributed by atoms with Gasteiger partial charge in [0.2, 0.25) is 0 Å². The smallest absolute Gasteiger partial charge is 0.410 e. The second-order valence-corrected chi connectivity index (χ2v) is 8.23. The van der Waals surface area contributed by atoms with E-state index in [2.05, 4.69) is 22.3 Å². The van der Waals surface area contributed by atoms with E-state index in [9.17, 15) is 9.59 Å². The van der Waals surface area contributed by atoms with Gasteiger partial charge in [0.05, 0.1) is 6.54 Å². The van der Waals surface area contributed by atoms with Gasteiger partial charge >= 0.3 is 6.09 Å². The molecular weight excluding hydrogens is 366 g/mol. The van der Waals surface area contributed by atoms with Gasteiger partial charge in [-0.3, -0.25) is 4.79 Å². The molecule has 0 spiro atoms. The normalized spacial score (nSPS) is 14.1. The van der Waals surface area contributed by atoms with Crippen LogP contribution in [0.2, 0.25) is 0 Å². The van der Waals surface area contributed by atoms with Gasteiger partial charge in [0.1, 0.15) is 5.60 Å². The number of carbonyl (C=O) groups is 2. The molecule has 0 saturated carbocycles. The van der Waals surface area contributed by atoms with Crippen LogP contribution < -0.4 is 10.2 Å². The molecule has 0 aromatic heterocycles. The molecule has 154 valence electrons. The summed E-state index contributed by atoms with van der Waals surface area (Å²) in [6.07, 6.45) is -0.288. The summed E-state index contributed by atoms with van der Waals surface area (Å²) in [6.45, 7) is 8.15. The van der Waals surface area contributed by atoms with Gasteiger partial charge in [-0.2, -0.15) is 0 Å². The van der Waals surface area contributed by atoms with Gasteiger partial charge in [0.25, 0.3) is 5.91 Å². The van der Waals surface area contributed by atoms with Crippen molar-refractivity contribution in [2.75, 3.05) is 25.0 Å². The van der Waals surface area contributed by atoms with Crippen LogP contribution in [0.1, 0.15) is 42.3 Å². The topological polar surface area (TPSA) is 61.9 Å². The highest BCUT2D eigenvalue weighted by Gasteiger charge is 2.26. The van der Waals surface area contributed by atoms with Crippen molar-refractivity contribution in [3.8, 4) is 0 Å². The minimum atomic E-state index is -0.519. The van der Waals surface area contributed by atoms with E-state index in [1.807, 2.05) is 57.2 Å². The summed E-state index contributed by atoms with van der Waals surface area (Å²) >= 11 is 0. The average Bonchev–Trinajstić information content (AvgIpc) is 2.87. The van der Waals surface area contributed by atoms with Crippen LogP contribution in [0.3, 0.4) is 0 Å². The van der Waals surface area contributed by atoms with Gasteiger partial charge in [-0.1, -0.05) is 30.3 Å². The van der Waals surface area contributed by atoms with Crippen LogP contribution in [0.4, 0.5) is 10.5 Å². The number of hydrogen-bond acceptors (Lipinski definition) is 4. The standard InChI is InChI=1S/C23H29N3O3/c1-23(2,3)29-22(28)26-14-13-25(20-8-6-5-7-19(20)16-26)15-17-9-11-18(12-10-17)21(27)24-4/h5-12H,13-16H2,1-4H3,(H,24,27). The second-order valence-electron chi connectivity index (χ2n) is 8.23. The first-order valence-corrected chi connectivity index (χ1v) is 9.88. The molecule has 29 heavy (non-hydrogen) atoms. The number of fused-ring (bicyclic) bond motifs is 1. The van der Waals surface area contributed by atoms with Gasteiger partial charge in [0, 0.05) is 37.9 Å². The fourth-order valence-corrected chi connectivity index (χ4v) is 3.37. The Morgan fingerprint density at radius 1 is 1.03 bits per heavy atom. The molecule has 2 aromatic rings. The monoisotopic (exact) mass is 395 g/mol. The maximum Gasteiger partial charge on any atom is 0.410 e. The van der Waals surface area contributed by atoms with E-state index < -0.39 is 5.60 Å². The Morgan fingerprint density at radius 3 is 2.38 bits per heavy atom. The number of nitrogens with zero attached hydrogens (tertiary/aromatic N) is 2. The fourth-order valence-electron chi connectivity index (χ4n) is 3.37. The molecule has 0 unspecified atom stereocenters. The zero-order valence-corrected chi connectivity index (χ0v) is 17.6. The minimum absolute atomic E-state index is 0.0929. The molecule has 1 aliphatic rings. The molecule has 1 heterocycles. The summed E-state index contributed by atoms with van der Waals surface area (Å²) in [4.78, 5) is 28.4. The van der Waals surface area contributed by atoms with Gasteiger partial charge in [-0.15, -0.1) is 0 Å². The summed E-state index contributed by atoms with van der Waals surface area (Å²) in [5.74, 6) is -0.0929. The van der Waals surface area contributed by atoms with Gasteiger partial charge < -0.3 is 19.9 Å². The Kier molecular flexibility index (Phi) is 6.11. The van der Waals surface area contributed by atoms with Crippen molar-refractivity contribution in [1.82, 2.24) is 10.2 Å². The number of amides is 2. The summed E-state index contributed by atoms with van der Waals surface area (Å²) in [7, 11) is 1.63. The number of hydrogen-bond donors (Lipinski definition) is 1. The Morgan fingerprint density at radius 2 is 1.72 bits per heavy atom. The first-order chi connectivity index (χ1) is 13.8. The van der Waals surface area contributed by atoms with E-state index >= 15 is 0 Å². The van der Waals surface area contributed by atoms with Crippen LogP contribution >= 0.6 is 0 Å². The van der Waals surface area contributed by atoms with E-state index in [1.165, 1.54) is 0 Å². The first kappa shape index (κ1) is 20.7. The molecular formula is C23H29N3O3. The number of nitrogens with one attached hydrogen (secondary N) is 1. The van der Waals surface area contributed by atoms with Crippen molar-refractivity contribution in [3.63, 3.8) is 0 Å². The quantitative estimate of drug-likeness (QED) is 0.859. The van der Waals surface area contributed by atoms with Crippen LogP contribution in [0, 0.1) is 0 Å². The van der Waals surface area contributed by atoms with Crippen molar-refractivity contribution in [3.05, 3.63) is 65.2 Å². The summed E-state index contributed by atoms with van der Waals surface area (Å²) in [5, 5.41) is 2.64. The highest BCUT2D eigenvalue weighted by atomic mass is 16.6. The zero-order valence-electron chi connectivity index (χ0n) is 17.6. The second kappa shape index (κ2) is 8.55. The Bertz CT molecular complexity index is 872. The van der Waals surface area contributed by atoms with Crippen molar-refractivity contribution in [2.24, 2.45) is 0 Å². The summed E-state index contributed by atoms with van der Waals surface area (Å²) in [5.41, 5.74) is 3.45. The van der Waals surface area contributed by atoms with Crippen molar-refractivity contribution in [2.45, 2.75) is 39.5 Å². The van der Waals surface area contributed by atoms with E-state index in [1.54, 1.807) is 11.9 Å². The lowest BCUT2D eigenvalue weighted by Crippen LogP contribution is -2.39. The largest absolute Gasteiger partial charge is 0.444 e. The number of carbonyl (C=O) groups excluding carboxylic acids is 2. The van der Waals surface area contributed by atoms with Crippen LogP contribution in [-0.4, -0.2) is 42.6 Å². The van der Waals surface area contributed by atoms with Crippen LogP contribution in [0.5, 0.6) is 0 Å². The van der Waals surface area contributed by atoms with E-state index in [0.717, 1.165) is 16.8 Å². The highest BCUT2D eigenvalue weighted by molar-refractivity contribution is 5.93. The zero-order chi connectivity index (χ0) is 21.0. The molecule has 2 amide bonds. The third-order valence-electron chi connectivity index (χ3n) is 4.80. The molecule has 0 bridgehead atoms. The van der Waals surface area contributed by atoms with Gasteiger partial charge in [-0.05, 0) is 50.1 Å². The summed E-state index contributed by atoms with van der Waals surface area (Å²) < 4.78 is 5.58. The van der Waals surface area contributed by atoms with E-state index in [-0.39, 0.29) is 12.0 Å². The molecule has 6 nitrogen and oxygen atoms in total. The molecule has 0 fully saturated rings. The first-order valence-electron chi connectivity index (χ1n) is 9.88. The van der Waals surface area contributed by atoms with Crippen molar-refractivity contribution >= 4 is 17.7 Å². The Hall–Kier alpha value is -3.02. The number of anilines is 1. The van der Waals surface area contributed by atoms with Gasteiger partial charge in [-0.25, -0.2) is 4.79 Å². The highest BCUT2D eigenvalue weighted by Crippen LogP contribution is 2.27. The maximum absolute atomic E-state index is 12.6. The lowest BCUT2D eigenvalue weighted by molar-refractivity contribution is 0.0243. The molecule has 3 rings (SSSR count). The lowest BCUT2D eigenvalue weighted by Gasteiger charge is -2.27. The van der Waals surface area contributed by atoms with E-state index in [4.69, 9.17) is 4.74 Å². The molecule has 0 saturated heterocycles.